The van der Waals surface area contributed by atoms with Gasteiger partial charge in [-0.05, 0) is 50.4 Å². The van der Waals surface area contributed by atoms with Crippen molar-refractivity contribution in [3.8, 4) is 0 Å². The predicted molar refractivity (Wildman–Crippen MR) is 132 cm³/mol. The molecule has 0 bridgehead atoms. The van der Waals surface area contributed by atoms with E-state index in [0.717, 1.165) is 38.8 Å². The molecule has 1 saturated heterocycles. The van der Waals surface area contributed by atoms with Crippen LogP contribution in [0.15, 0.2) is 33.9 Å². The number of amides is 1. The van der Waals surface area contributed by atoms with Gasteiger partial charge in [0.1, 0.15) is 11.6 Å². The zero-order chi connectivity index (χ0) is 24.9. The number of aromatic nitrogens is 4. The molecule has 188 valence electrons. The molecule has 1 fully saturated rings. The van der Waals surface area contributed by atoms with Crippen LogP contribution in [0, 0.1) is 11.7 Å². The lowest BCUT2D eigenvalue weighted by Crippen LogP contribution is -2.41. The van der Waals surface area contributed by atoms with Gasteiger partial charge >= 0.3 is 5.69 Å². The monoisotopic (exact) mass is 484 g/mol. The van der Waals surface area contributed by atoms with Gasteiger partial charge in [-0.15, -0.1) is 0 Å². The Bertz CT molecular complexity index is 1300. The number of imidazole rings is 1. The zero-order valence-corrected chi connectivity index (χ0v) is 20.3. The number of piperidine rings is 1. The number of nitrogens with one attached hydrogen (secondary N) is 2. The molecule has 0 radical (unpaired) electrons. The Kier molecular flexibility index (Phi) is 7.80. The van der Waals surface area contributed by atoms with Crippen molar-refractivity contribution in [3.05, 3.63) is 62.3 Å². The first-order valence-corrected chi connectivity index (χ1v) is 12.3. The minimum atomic E-state index is -0.428. The van der Waals surface area contributed by atoms with Gasteiger partial charge in [-0.25, -0.2) is 14.2 Å². The van der Waals surface area contributed by atoms with Crippen molar-refractivity contribution in [2.24, 2.45) is 13.0 Å². The normalized spacial score (nSPS) is 15.1. The second kappa shape index (κ2) is 11.0. The highest BCUT2D eigenvalue weighted by Crippen LogP contribution is 2.20. The molecular formula is C25H33FN6O3. The summed E-state index contributed by atoms with van der Waals surface area (Å²) in [5, 5.41) is 2.94. The van der Waals surface area contributed by atoms with E-state index in [9.17, 15) is 18.8 Å². The number of carbonyl (C=O) groups is 1. The number of unbranched alkanes of at least 4 members (excludes halogenated alkanes) is 1. The quantitative estimate of drug-likeness (QED) is 0.483. The summed E-state index contributed by atoms with van der Waals surface area (Å²) in [4.78, 5) is 46.7. The van der Waals surface area contributed by atoms with Crippen LogP contribution < -0.4 is 16.6 Å². The molecule has 2 aromatic heterocycles. The number of aromatic amines is 1. The largest absolute Gasteiger partial charge is 0.356 e. The second-order valence-electron chi connectivity index (χ2n) is 9.21. The van der Waals surface area contributed by atoms with E-state index in [4.69, 9.17) is 0 Å². The summed E-state index contributed by atoms with van der Waals surface area (Å²) in [6.07, 6.45) is 3.65. The first kappa shape index (κ1) is 24.8. The second-order valence-corrected chi connectivity index (χ2v) is 9.21. The van der Waals surface area contributed by atoms with E-state index in [-0.39, 0.29) is 17.6 Å². The fourth-order valence-corrected chi connectivity index (χ4v) is 4.68. The van der Waals surface area contributed by atoms with Crippen LogP contribution >= 0.6 is 0 Å². The Hall–Kier alpha value is -3.27. The average Bonchev–Trinajstić information content (AvgIpc) is 3.16. The smallest absolute Gasteiger partial charge is 0.330 e. The number of hydrogen-bond donors (Lipinski definition) is 2. The number of H-pyrrole nitrogens is 1. The van der Waals surface area contributed by atoms with E-state index in [1.165, 1.54) is 6.07 Å². The van der Waals surface area contributed by atoms with Gasteiger partial charge in [-0.2, -0.15) is 0 Å². The van der Waals surface area contributed by atoms with E-state index < -0.39 is 11.2 Å². The van der Waals surface area contributed by atoms with E-state index in [1.54, 1.807) is 34.4 Å². The van der Waals surface area contributed by atoms with Crippen molar-refractivity contribution in [1.82, 2.24) is 29.3 Å². The fraction of sp³-hybridized carbons (Fsp3) is 0.520. The maximum atomic E-state index is 13.7. The standard InChI is InChI=1S/C25H33FN6O3/c1-3-4-13-32-22-21(24(34)29-25(32)35)30(2)20(28-22)16-31-14-10-18(11-15-31)23(33)27-12-9-17-7-5-6-8-19(17)26/h5-8,18H,3-4,9-16H2,1-2H3,(H,27,33)(H,29,34,35). The van der Waals surface area contributed by atoms with Crippen LogP contribution in [-0.2, 0) is 31.4 Å². The first-order chi connectivity index (χ1) is 16.9. The minimum Gasteiger partial charge on any atom is -0.356 e. The van der Waals surface area contributed by atoms with Crippen molar-refractivity contribution in [2.45, 2.75) is 52.1 Å². The number of benzene rings is 1. The molecule has 2 N–H and O–H groups in total. The topological polar surface area (TPSA) is 105 Å². The SMILES string of the molecule is CCCCn1c(=O)[nH]c(=O)c2c1nc(CN1CCC(C(=O)NCCc3ccccc3F)CC1)n2C. The third-order valence-corrected chi connectivity index (χ3v) is 6.82. The number of halogens is 1. The molecule has 1 aliphatic rings. The number of likely N-dealkylation sites (tertiary alicyclic amines) is 1. The van der Waals surface area contributed by atoms with Gasteiger partial charge in [0.05, 0.1) is 6.54 Å². The first-order valence-electron chi connectivity index (χ1n) is 12.3. The summed E-state index contributed by atoms with van der Waals surface area (Å²) in [7, 11) is 1.80. The molecule has 10 heteroatoms. The Balaban J connectivity index is 1.35. The van der Waals surface area contributed by atoms with Gasteiger partial charge in [0.25, 0.3) is 5.56 Å². The Morgan fingerprint density at radius 2 is 1.97 bits per heavy atom. The molecule has 1 aliphatic heterocycles. The van der Waals surface area contributed by atoms with Crippen LogP contribution in [0.2, 0.25) is 0 Å². The Labute approximate surface area is 203 Å². The van der Waals surface area contributed by atoms with Gasteiger partial charge in [-0.1, -0.05) is 31.5 Å². The van der Waals surface area contributed by atoms with Gasteiger partial charge in [-0.3, -0.25) is 24.0 Å². The van der Waals surface area contributed by atoms with Crippen LogP contribution in [0.5, 0.6) is 0 Å². The van der Waals surface area contributed by atoms with Crippen molar-refractivity contribution >= 4 is 17.1 Å². The lowest BCUT2D eigenvalue weighted by molar-refractivity contribution is -0.126. The number of fused-ring (bicyclic) bond motifs is 1. The van der Waals surface area contributed by atoms with Crippen molar-refractivity contribution in [1.29, 1.82) is 0 Å². The lowest BCUT2D eigenvalue weighted by atomic mass is 9.96. The molecule has 1 aromatic carbocycles. The molecule has 0 unspecified atom stereocenters. The zero-order valence-electron chi connectivity index (χ0n) is 20.3. The molecule has 3 aromatic rings. The minimum absolute atomic E-state index is 0.00944. The highest BCUT2D eigenvalue weighted by Gasteiger charge is 2.26. The van der Waals surface area contributed by atoms with Crippen LogP contribution in [0.3, 0.4) is 0 Å². The summed E-state index contributed by atoms with van der Waals surface area (Å²) < 4.78 is 17.0. The average molecular weight is 485 g/mol. The molecular weight excluding hydrogens is 451 g/mol. The summed E-state index contributed by atoms with van der Waals surface area (Å²) in [6, 6.07) is 6.61. The number of nitrogens with zero attached hydrogens (tertiary/aromatic N) is 4. The van der Waals surface area contributed by atoms with E-state index in [1.807, 2.05) is 6.92 Å². The third-order valence-electron chi connectivity index (χ3n) is 6.82. The van der Waals surface area contributed by atoms with Crippen molar-refractivity contribution in [2.75, 3.05) is 19.6 Å². The summed E-state index contributed by atoms with van der Waals surface area (Å²) in [6.45, 7) is 4.96. The van der Waals surface area contributed by atoms with Crippen molar-refractivity contribution in [3.63, 3.8) is 0 Å². The molecule has 1 amide bonds. The molecule has 9 nitrogen and oxygen atoms in total. The van der Waals surface area contributed by atoms with Gasteiger partial charge in [0.15, 0.2) is 11.2 Å². The molecule has 4 rings (SSSR count). The van der Waals surface area contributed by atoms with Crippen LogP contribution in [0.25, 0.3) is 11.2 Å². The van der Waals surface area contributed by atoms with Crippen molar-refractivity contribution < 1.29 is 9.18 Å². The van der Waals surface area contributed by atoms with Crippen LogP contribution in [0.4, 0.5) is 4.39 Å². The summed E-state index contributed by atoms with van der Waals surface area (Å²) >= 11 is 0. The van der Waals surface area contributed by atoms with E-state index in [2.05, 4.69) is 20.2 Å². The highest BCUT2D eigenvalue weighted by atomic mass is 19.1. The maximum Gasteiger partial charge on any atom is 0.330 e. The highest BCUT2D eigenvalue weighted by molar-refractivity contribution is 5.78. The number of aryl methyl sites for hydroxylation is 2. The molecule has 3 heterocycles. The van der Waals surface area contributed by atoms with Crippen LogP contribution in [-0.4, -0.2) is 49.5 Å². The number of carbonyl (C=O) groups excluding carboxylic acids is 1. The number of hydrogen-bond acceptors (Lipinski definition) is 5. The third kappa shape index (κ3) is 5.53. The Morgan fingerprint density at radius 3 is 2.69 bits per heavy atom. The van der Waals surface area contributed by atoms with Gasteiger partial charge in [0, 0.05) is 26.1 Å². The molecule has 0 aliphatic carbocycles. The summed E-state index contributed by atoms with van der Waals surface area (Å²) in [5.41, 5.74) is 0.574. The molecule has 0 atom stereocenters. The van der Waals surface area contributed by atoms with Gasteiger partial charge < -0.3 is 9.88 Å². The van der Waals surface area contributed by atoms with Crippen LogP contribution in [0.1, 0.15) is 44.0 Å². The van der Waals surface area contributed by atoms with E-state index in [0.29, 0.717) is 48.6 Å². The molecule has 0 spiro atoms. The number of rotatable bonds is 9. The summed E-state index contributed by atoms with van der Waals surface area (Å²) in [5.74, 6) is 0.403. The lowest BCUT2D eigenvalue weighted by Gasteiger charge is -2.30. The van der Waals surface area contributed by atoms with Gasteiger partial charge in [0.2, 0.25) is 5.91 Å². The fourth-order valence-electron chi connectivity index (χ4n) is 4.68. The Morgan fingerprint density at radius 1 is 1.23 bits per heavy atom. The molecule has 0 saturated carbocycles. The molecule has 35 heavy (non-hydrogen) atoms. The predicted octanol–water partition coefficient (Wildman–Crippen LogP) is 1.93. The van der Waals surface area contributed by atoms with E-state index >= 15 is 0 Å². The maximum absolute atomic E-state index is 13.7.